The zero-order valence-corrected chi connectivity index (χ0v) is 13.8. The van der Waals surface area contributed by atoms with Crippen LogP contribution in [0.5, 0.6) is 0 Å². The van der Waals surface area contributed by atoms with Crippen molar-refractivity contribution in [1.82, 2.24) is 0 Å². The molecule has 0 spiro atoms. The van der Waals surface area contributed by atoms with E-state index in [-0.39, 0.29) is 0 Å². The lowest BCUT2D eigenvalue weighted by Gasteiger charge is -2.14. The van der Waals surface area contributed by atoms with Crippen LogP contribution < -0.4 is 5.32 Å². The first-order valence-corrected chi connectivity index (χ1v) is 8.13. The second-order valence-electron chi connectivity index (χ2n) is 6.16. The smallest absolute Gasteiger partial charge is 0.0400 e. The van der Waals surface area contributed by atoms with E-state index in [9.17, 15) is 0 Å². The molecule has 0 heterocycles. The van der Waals surface area contributed by atoms with E-state index in [4.69, 9.17) is 0 Å². The van der Waals surface area contributed by atoms with E-state index in [0.717, 1.165) is 13.0 Å². The van der Waals surface area contributed by atoms with Crippen LogP contribution in [0.25, 0.3) is 0 Å². The van der Waals surface area contributed by atoms with Crippen LogP contribution in [0, 0.1) is 13.8 Å². The third kappa shape index (κ3) is 4.23. The van der Waals surface area contributed by atoms with Gasteiger partial charge in [-0.15, -0.1) is 0 Å². The average molecular weight is 301 g/mol. The molecule has 1 N–H and O–H groups in total. The predicted octanol–water partition coefficient (Wildman–Crippen LogP) is 5.51. The zero-order valence-electron chi connectivity index (χ0n) is 13.8. The van der Waals surface area contributed by atoms with Gasteiger partial charge >= 0.3 is 0 Å². The molecule has 0 aliphatic heterocycles. The Morgan fingerprint density at radius 3 is 2.13 bits per heavy atom. The molecular weight excluding hydrogens is 278 g/mol. The van der Waals surface area contributed by atoms with Crippen molar-refractivity contribution in [3.63, 3.8) is 0 Å². The Kier molecular flexibility index (Phi) is 4.77. The molecule has 0 amide bonds. The van der Waals surface area contributed by atoms with Gasteiger partial charge in [-0.05, 0) is 48.6 Å². The summed E-state index contributed by atoms with van der Waals surface area (Å²) in [5.74, 6) is 0. The molecule has 0 aromatic heterocycles. The van der Waals surface area contributed by atoms with Crippen LogP contribution in [0.4, 0.5) is 5.69 Å². The fourth-order valence-electron chi connectivity index (χ4n) is 2.73. The Hall–Kier alpha value is -2.54. The van der Waals surface area contributed by atoms with Gasteiger partial charge in [0.05, 0.1) is 0 Å². The first-order chi connectivity index (χ1) is 11.2. The summed E-state index contributed by atoms with van der Waals surface area (Å²) < 4.78 is 0. The number of anilines is 1. The average Bonchev–Trinajstić information content (AvgIpc) is 2.58. The van der Waals surface area contributed by atoms with E-state index in [2.05, 4.69) is 92.0 Å². The van der Waals surface area contributed by atoms with E-state index in [1.54, 1.807) is 0 Å². The summed E-state index contributed by atoms with van der Waals surface area (Å²) in [7, 11) is 0. The lowest BCUT2D eigenvalue weighted by Crippen LogP contribution is -2.03. The van der Waals surface area contributed by atoms with Crippen molar-refractivity contribution >= 4 is 5.69 Å². The van der Waals surface area contributed by atoms with Crippen molar-refractivity contribution in [1.29, 1.82) is 0 Å². The van der Waals surface area contributed by atoms with Gasteiger partial charge in [0, 0.05) is 12.2 Å². The molecule has 3 aromatic carbocycles. The Bertz CT molecular complexity index is 758. The molecule has 0 saturated carbocycles. The highest BCUT2D eigenvalue weighted by atomic mass is 14.9. The number of rotatable bonds is 5. The Morgan fingerprint density at radius 1 is 0.696 bits per heavy atom. The van der Waals surface area contributed by atoms with Crippen LogP contribution in [0.2, 0.25) is 0 Å². The molecule has 0 aliphatic rings. The third-order valence-electron chi connectivity index (χ3n) is 4.11. The van der Waals surface area contributed by atoms with Crippen LogP contribution in [-0.4, -0.2) is 0 Å². The van der Waals surface area contributed by atoms with E-state index >= 15 is 0 Å². The van der Waals surface area contributed by atoms with Gasteiger partial charge in [-0.2, -0.15) is 0 Å². The van der Waals surface area contributed by atoms with Gasteiger partial charge in [-0.1, -0.05) is 72.3 Å². The maximum absolute atomic E-state index is 3.60. The molecule has 0 saturated heterocycles. The highest BCUT2D eigenvalue weighted by Crippen LogP contribution is 2.22. The first-order valence-electron chi connectivity index (χ1n) is 8.13. The quantitative estimate of drug-likeness (QED) is 0.655. The van der Waals surface area contributed by atoms with Crippen LogP contribution in [-0.2, 0) is 13.0 Å². The van der Waals surface area contributed by atoms with Gasteiger partial charge in [0.2, 0.25) is 0 Å². The van der Waals surface area contributed by atoms with Crippen molar-refractivity contribution in [2.45, 2.75) is 26.8 Å². The summed E-state index contributed by atoms with van der Waals surface area (Å²) in [5.41, 5.74) is 7.82. The molecule has 0 radical (unpaired) electrons. The molecule has 0 bridgehead atoms. The number of hydrogen-bond acceptors (Lipinski definition) is 1. The van der Waals surface area contributed by atoms with Crippen molar-refractivity contribution in [3.8, 4) is 0 Å². The summed E-state index contributed by atoms with van der Waals surface area (Å²) in [6.45, 7) is 5.12. The Balaban J connectivity index is 1.78. The van der Waals surface area contributed by atoms with E-state index < -0.39 is 0 Å². The minimum Gasteiger partial charge on any atom is -0.381 e. The summed E-state index contributed by atoms with van der Waals surface area (Å²) in [6.07, 6.45) is 0.956. The first kappa shape index (κ1) is 15.4. The monoisotopic (exact) mass is 301 g/mol. The zero-order chi connectivity index (χ0) is 16.1. The molecule has 0 aliphatic carbocycles. The minimum atomic E-state index is 0.852. The van der Waals surface area contributed by atoms with Gasteiger partial charge in [-0.25, -0.2) is 0 Å². The maximum atomic E-state index is 3.60. The fourth-order valence-corrected chi connectivity index (χ4v) is 2.73. The molecule has 3 rings (SSSR count). The predicted molar refractivity (Wildman–Crippen MR) is 98.9 cm³/mol. The third-order valence-corrected chi connectivity index (χ3v) is 4.11. The molecule has 3 aromatic rings. The van der Waals surface area contributed by atoms with Crippen molar-refractivity contribution < 1.29 is 0 Å². The van der Waals surface area contributed by atoms with E-state index in [1.165, 1.54) is 33.5 Å². The maximum Gasteiger partial charge on any atom is 0.0400 e. The van der Waals surface area contributed by atoms with Gasteiger partial charge in [0.15, 0.2) is 0 Å². The summed E-state index contributed by atoms with van der Waals surface area (Å²) >= 11 is 0. The number of hydrogen-bond donors (Lipinski definition) is 1. The summed E-state index contributed by atoms with van der Waals surface area (Å²) in [4.78, 5) is 0. The highest BCUT2D eigenvalue weighted by Gasteiger charge is 2.04. The van der Waals surface area contributed by atoms with Gasteiger partial charge in [0.25, 0.3) is 0 Å². The van der Waals surface area contributed by atoms with Crippen LogP contribution in [0.3, 0.4) is 0 Å². The second kappa shape index (κ2) is 7.15. The summed E-state index contributed by atoms with van der Waals surface area (Å²) in [6, 6.07) is 26.0. The standard InChI is InChI=1S/C22H23N/c1-17-8-11-19(12-9-17)15-21-13-10-18(2)14-22(21)23-16-20-6-4-3-5-7-20/h3-14,23H,15-16H2,1-2H3. The van der Waals surface area contributed by atoms with Crippen molar-refractivity contribution in [2.75, 3.05) is 5.32 Å². The normalized spacial score (nSPS) is 10.5. The highest BCUT2D eigenvalue weighted by molar-refractivity contribution is 5.55. The van der Waals surface area contributed by atoms with E-state index in [0.29, 0.717) is 0 Å². The van der Waals surface area contributed by atoms with Gasteiger partial charge < -0.3 is 5.32 Å². The lowest BCUT2D eigenvalue weighted by atomic mass is 10.0. The second-order valence-corrected chi connectivity index (χ2v) is 6.16. The molecule has 0 atom stereocenters. The SMILES string of the molecule is Cc1ccc(Cc2ccc(C)cc2NCc2ccccc2)cc1. The van der Waals surface area contributed by atoms with Crippen molar-refractivity contribution in [3.05, 3.63) is 101 Å². The fraction of sp³-hybridized carbons (Fsp3) is 0.182. The summed E-state index contributed by atoms with van der Waals surface area (Å²) in [5, 5.41) is 3.60. The molecule has 23 heavy (non-hydrogen) atoms. The molecule has 0 fully saturated rings. The van der Waals surface area contributed by atoms with Crippen molar-refractivity contribution in [2.24, 2.45) is 0 Å². The van der Waals surface area contributed by atoms with Gasteiger partial charge in [0.1, 0.15) is 0 Å². The van der Waals surface area contributed by atoms with Crippen LogP contribution in [0.1, 0.15) is 27.8 Å². The number of nitrogens with one attached hydrogen (secondary N) is 1. The Labute approximate surface area is 139 Å². The van der Waals surface area contributed by atoms with Crippen LogP contribution in [0.15, 0.2) is 72.8 Å². The minimum absolute atomic E-state index is 0.852. The molecule has 116 valence electrons. The largest absolute Gasteiger partial charge is 0.381 e. The molecule has 1 heteroatoms. The van der Waals surface area contributed by atoms with Crippen LogP contribution >= 0.6 is 0 Å². The van der Waals surface area contributed by atoms with Gasteiger partial charge in [-0.3, -0.25) is 0 Å². The van der Waals surface area contributed by atoms with E-state index in [1.807, 2.05) is 0 Å². The lowest BCUT2D eigenvalue weighted by molar-refractivity contribution is 1.11. The molecular formula is C22H23N. The topological polar surface area (TPSA) is 12.0 Å². The Morgan fingerprint density at radius 2 is 1.39 bits per heavy atom. The number of benzene rings is 3. The number of aryl methyl sites for hydroxylation is 2. The molecule has 0 unspecified atom stereocenters. The molecule has 1 nitrogen and oxygen atoms in total.